The highest BCUT2D eigenvalue weighted by Gasteiger charge is 2.10. The lowest BCUT2D eigenvalue weighted by molar-refractivity contribution is 0.225. The molecule has 0 aliphatic heterocycles. The lowest BCUT2D eigenvalue weighted by Crippen LogP contribution is -2.40. The fraction of sp³-hybridized carbons (Fsp3) is 0.643. The van der Waals surface area contributed by atoms with Crippen LogP contribution in [-0.2, 0) is 6.54 Å². The zero-order valence-electron chi connectivity index (χ0n) is 11.5. The van der Waals surface area contributed by atoms with Crippen molar-refractivity contribution in [2.24, 2.45) is 0 Å². The van der Waals surface area contributed by atoms with Gasteiger partial charge in [0.2, 0.25) is 0 Å². The Balaban J connectivity index is 2.37. The van der Waals surface area contributed by atoms with Gasteiger partial charge in [0.1, 0.15) is 0 Å². The van der Waals surface area contributed by atoms with Crippen molar-refractivity contribution in [1.29, 1.82) is 0 Å². The lowest BCUT2D eigenvalue weighted by atomic mass is 10.2. The largest absolute Gasteiger partial charge is 0.396 e. The van der Waals surface area contributed by atoms with Crippen molar-refractivity contribution in [3.05, 3.63) is 30.1 Å². The van der Waals surface area contributed by atoms with Crippen LogP contribution in [0.15, 0.2) is 24.4 Å². The van der Waals surface area contributed by atoms with Crippen LogP contribution >= 0.6 is 0 Å². The fourth-order valence-corrected chi connectivity index (χ4v) is 1.97. The van der Waals surface area contributed by atoms with Crippen molar-refractivity contribution in [2.45, 2.75) is 32.4 Å². The topological polar surface area (TPSA) is 48.4 Å². The molecule has 4 heteroatoms. The van der Waals surface area contributed by atoms with Gasteiger partial charge in [-0.3, -0.25) is 9.88 Å². The molecular weight excluding hydrogens is 226 g/mol. The summed E-state index contributed by atoms with van der Waals surface area (Å²) in [5.74, 6) is 0. The first-order valence-corrected chi connectivity index (χ1v) is 6.69. The molecule has 1 unspecified atom stereocenters. The number of pyridine rings is 1. The van der Waals surface area contributed by atoms with Gasteiger partial charge in [0.25, 0.3) is 0 Å². The van der Waals surface area contributed by atoms with Crippen molar-refractivity contribution in [3.63, 3.8) is 0 Å². The second kappa shape index (κ2) is 9.03. The predicted octanol–water partition coefficient (Wildman–Crippen LogP) is 1.26. The maximum absolute atomic E-state index is 9.07. The van der Waals surface area contributed by atoms with E-state index in [2.05, 4.69) is 29.2 Å². The average Bonchev–Trinajstić information content (AvgIpc) is 2.37. The maximum Gasteiger partial charge on any atom is 0.0543 e. The van der Waals surface area contributed by atoms with Crippen LogP contribution in [0, 0.1) is 0 Å². The number of aromatic nitrogens is 1. The Morgan fingerprint density at radius 2 is 2.28 bits per heavy atom. The number of nitrogens with one attached hydrogen (secondary N) is 1. The first-order valence-electron chi connectivity index (χ1n) is 6.69. The van der Waals surface area contributed by atoms with E-state index in [9.17, 15) is 0 Å². The molecule has 4 nitrogen and oxygen atoms in total. The molecule has 0 aliphatic rings. The molecule has 102 valence electrons. The minimum Gasteiger partial charge on any atom is -0.396 e. The van der Waals surface area contributed by atoms with E-state index in [1.807, 2.05) is 24.4 Å². The highest BCUT2D eigenvalue weighted by molar-refractivity contribution is 5.03. The first-order chi connectivity index (χ1) is 8.76. The van der Waals surface area contributed by atoms with Crippen LogP contribution < -0.4 is 5.32 Å². The van der Waals surface area contributed by atoms with E-state index in [-0.39, 0.29) is 6.61 Å². The van der Waals surface area contributed by atoms with Crippen LogP contribution in [0.5, 0.6) is 0 Å². The summed E-state index contributed by atoms with van der Waals surface area (Å²) >= 11 is 0. The van der Waals surface area contributed by atoms with E-state index in [1.54, 1.807) is 0 Å². The van der Waals surface area contributed by atoms with Crippen LogP contribution in [0.2, 0.25) is 0 Å². The Hall–Kier alpha value is -0.970. The summed E-state index contributed by atoms with van der Waals surface area (Å²) in [6.07, 6.45) is 3.74. The van der Waals surface area contributed by atoms with Gasteiger partial charge in [0, 0.05) is 31.9 Å². The van der Waals surface area contributed by atoms with Gasteiger partial charge in [-0.25, -0.2) is 0 Å². The van der Waals surface area contributed by atoms with Crippen LogP contribution in [0.4, 0.5) is 0 Å². The number of rotatable bonds is 9. The van der Waals surface area contributed by atoms with Crippen LogP contribution in [0.3, 0.4) is 0 Å². The Bertz CT molecular complexity index is 305. The molecule has 0 amide bonds. The molecule has 0 saturated carbocycles. The molecule has 0 radical (unpaired) electrons. The summed E-state index contributed by atoms with van der Waals surface area (Å²) in [5, 5.41) is 12.5. The second-order valence-corrected chi connectivity index (χ2v) is 4.68. The normalized spacial score (nSPS) is 12.9. The van der Waals surface area contributed by atoms with E-state index in [0.717, 1.165) is 38.2 Å². The third-order valence-corrected chi connectivity index (χ3v) is 2.85. The summed E-state index contributed by atoms with van der Waals surface area (Å²) in [4.78, 5) is 6.56. The van der Waals surface area contributed by atoms with E-state index < -0.39 is 0 Å². The highest BCUT2D eigenvalue weighted by atomic mass is 16.3. The van der Waals surface area contributed by atoms with Gasteiger partial charge in [-0.05, 0) is 38.6 Å². The molecule has 18 heavy (non-hydrogen) atoms. The van der Waals surface area contributed by atoms with Crippen LogP contribution in [-0.4, -0.2) is 47.8 Å². The van der Waals surface area contributed by atoms with Crippen LogP contribution in [0.1, 0.15) is 25.5 Å². The molecule has 0 aromatic carbocycles. The predicted molar refractivity (Wildman–Crippen MR) is 74.4 cm³/mol. The van der Waals surface area contributed by atoms with Gasteiger partial charge in [-0.1, -0.05) is 13.0 Å². The molecule has 1 atom stereocenters. The summed E-state index contributed by atoms with van der Waals surface area (Å²) in [6, 6.07) is 6.33. The van der Waals surface area contributed by atoms with E-state index in [4.69, 9.17) is 5.11 Å². The second-order valence-electron chi connectivity index (χ2n) is 4.68. The summed E-state index contributed by atoms with van der Waals surface area (Å²) in [7, 11) is 2.09. The lowest BCUT2D eigenvalue weighted by Gasteiger charge is -2.24. The van der Waals surface area contributed by atoms with Crippen molar-refractivity contribution < 1.29 is 5.11 Å². The van der Waals surface area contributed by atoms with Crippen molar-refractivity contribution in [2.75, 3.05) is 26.7 Å². The summed E-state index contributed by atoms with van der Waals surface area (Å²) < 4.78 is 0. The number of aliphatic hydroxyl groups excluding tert-OH is 1. The van der Waals surface area contributed by atoms with Crippen molar-refractivity contribution in [3.8, 4) is 0 Å². The molecule has 0 bridgehead atoms. The maximum atomic E-state index is 9.07. The Kier molecular flexibility index (Phi) is 7.57. The van der Waals surface area contributed by atoms with Crippen molar-refractivity contribution >= 4 is 0 Å². The molecule has 0 spiro atoms. The van der Waals surface area contributed by atoms with Gasteiger partial charge in [0.05, 0.1) is 5.69 Å². The third kappa shape index (κ3) is 6.10. The first kappa shape index (κ1) is 15.1. The van der Waals surface area contributed by atoms with E-state index in [0.29, 0.717) is 6.04 Å². The van der Waals surface area contributed by atoms with Gasteiger partial charge >= 0.3 is 0 Å². The average molecular weight is 251 g/mol. The highest BCUT2D eigenvalue weighted by Crippen LogP contribution is 2.01. The smallest absolute Gasteiger partial charge is 0.0543 e. The minimum atomic E-state index is 0.235. The Morgan fingerprint density at radius 1 is 1.44 bits per heavy atom. The quantitative estimate of drug-likeness (QED) is 0.694. The number of aliphatic hydroxyl groups is 1. The summed E-state index contributed by atoms with van der Waals surface area (Å²) in [5.41, 5.74) is 1.08. The zero-order chi connectivity index (χ0) is 13.2. The number of nitrogens with zero attached hydrogens (tertiary/aromatic N) is 2. The molecular formula is C14H25N3O. The van der Waals surface area contributed by atoms with E-state index in [1.165, 1.54) is 0 Å². The molecule has 1 aromatic heterocycles. The molecule has 2 N–H and O–H groups in total. The minimum absolute atomic E-state index is 0.235. The molecule has 1 aromatic rings. The fourth-order valence-electron chi connectivity index (χ4n) is 1.97. The van der Waals surface area contributed by atoms with E-state index >= 15 is 0 Å². The van der Waals surface area contributed by atoms with Gasteiger partial charge in [-0.2, -0.15) is 0 Å². The van der Waals surface area contributed by atoms with Gasteiger partial charge < -0.3 is 10.4 Å². The SMILES string of the molecule is CCCNC(CCO)CN(C)Cc1ccccn1. The van der Waals surface area contributed by atoms with Gasteiger partial charge in [-0.15, -0.1) is 0 Å². The Morgan fingerprint density at radius 3 is 2.89 bits per heavy atom. The summed E-state index contributed by atoms with van der Waals surface area (Å²) in [6.45, 7) is 5.16. The Labute approximate surface area is 110 Å². The molecule has 1 rings (SSSR count). The monoisotopic (exact) mass is 251 g/mol. The van der Waals surface area contributed by atoms with Crippen molar-refractivity contribution in [1.82, 2.24) is 15.2 Å². The van der Waals surface area contributed by atoms with Crippen LogP contribution in [0.25, 0.3) is 0 Å². The standard InChI is InChI=1S/C14H25N3O/c1-3-8-15-14(7-10-18)12-17(2)11-13-6-4-5-9-16-13/h4-6,9,14-15,18H,3,7-8,10-12H2,1-2H3. The molecule has 0 fully saturated rings. The van der Waals surface area contributed by atoms with Gasteiger partial charge in [0.15, 0.2) is 0 Å². The molecule has 0 saturated heterocycles. The third-order valence-electron chi connectivity index (χ3n) is 2.85. The molecule has 0 aliphatic carbocycles. The zero-order valence-corrected chi connectivity index (χ0v) is 11.5. The number of hydrogen-bond donors (Lipinski definition) is 2. The molecule has 1 heterocycles. The number of likely N-dealkylation sites (N-methyl/N-ethyl adjacent to an activating group) is 1. The number of hydrogen-bond acceptors (Lipinski definition) is 4.